The van der Waals surface area contributed by atoms with Crippen molar-refractivity contribution in [1.82, 2.24) is 4.98 Å². The van der Waals surface area contributed by atoms with Gasteiger partial charge in [0.25, 0.3) is 0 Å². The Balaban J connectivity index is 0.000000367. The van der Waals surface area contributed by atoms with Crippen molar-refractivity contribution in [2.45, 2.75) is 74.1 Å². The number of nitrogens with zero attached hydrogens (tertiary/aromatic N) is 1. The molecule has 0 bridgehead atoms. The molecule has 0 unspecified atom stereocenters. The first-order valence-corrected chi connectivity index (χ1v) is 12.4. The molecule has 0 amide bonds. The Kier molecular flexibility index (Phi) is 12.0. The summed E-state index contributed by atoms with van der Waals surface area (Å²) in [6.45, 7) is 16.0. The Labute approximate surface area is 230 Å². The fourth-order valence-corrected chi connectivity index (χ4v) is 2.98. The molecule has 1 radical (unpaired) electrons. The molecule has 0 spiro atoms. The van der Waals surface area contributed by atoms with E-state index in [1.165, 1.54) is 11.6 Å². The molecule has 5 heteroatoms. The van der Waals surface area contributed by atoms with Gasteiger partial charge in [-0.15, -0.1) is 12.1 Å². The minimum Gasteiger partial charge on any atom is -0.512 e. The standard InChI is InChI=1S/C18H16NO.C13H24O2.Ir/c1-13(2)14-8-9-15-11-18(19-12-16(15)10-14)20-17-6-4-3-5-7-17;1-7-12(3,4)10(14)9-11(15)13(5,6)8-2;/h3-6,8-13H,1-2H3;9,14H,7-8H2,1-6H3;/q-1;;/b;10-9-;. The van der Waals surface area contributed by atoms with Gasteiger partial charge in [-0.2, -0.15) is 18.2 Å². The van der Waals surface area contributed by atoms with Gasteiger partial charge < -0.3 is 9.84 Å². The van der Waals surface area contributed by atoms with Crippen LogP contribution in [0.15, 0.2) is 66.6 Å². The van der Waals surface area contributed by atoms with Crippen molar-refractivity contribution in [2.24, 2.45) is 10.8 Å². The smallest absolute Gasteiger partial charge is 0.217 e. The molecule has 0 aliphatic rings. The van der Waals surface area contributed by atoms with Crippen LogP contribution in [0.2, 0.25) is 0 Å². The molecule has 2 aromatic carbocycles. The third-order valence-corrected chi connectivity index (χ3v) is 6.68. The van der Waals surface area contributed by atoms with Crippen LogP contribution in [0.3, 0.4) is 0 Å². The van der Waals surface area contributed by atoms with Gasteiger partial charge in [0.2, 0.25) is 5.88 Å². The number of hydrogen-bond acceptors (Lipinski definition) is 4. The van der Waals surface area contributed by atoms with Gasteiger partial charge in [0.15, 0.2) is 5.78 Å². The van der Waals surface area contributed by atoms with Crippen LogP contribution < -0.4 is 4.74 Å². The van der Waals surface area contributed by atoms with Crippen molar-refractivity contribution in [2.75, 3.05) is 0 Å². The van der Waals surface area contributed by atoms with Gasteiger partial charge >= 0.3 is 0 Å². The first-order chi connectivity index (χ1) is 16.4. The molecule has 1 heterocycles. The number of aromatic nitrogens is 1. The van der Waals surface area contributed by atoms with E-state index in [9.17, 15) is 9.90 Å². The van der Waals surface area contributed by atoms with Crippen LogP contribution in [0.1, 0.15) is 79.7 Å². The van der Waals surface area contributed by atoms with E-state index >= 15 is 0 Å². The molecule has 0 aliphatic carbocycles. The Hall–Kier alpha value is -2.49. The van der Waals surface area contributed by atoms with Gasteiger partial charge in [-0.05, 0) is 35.8 Å². The maximum atomic E-state index is 11.8. The second-order valence-corrected chi connectivity index (χ2v) is 10.5. The predicted molar refractivity (Wildman–Crippen MR) is 145 cm³/mol. The normalized spacial score (nSPS) is 12.0. The largest absolute Gasteiger partial charge is 0.512 e. The van der Waals surface area contributed by atoms with Crippen molar-refractivity contribution in [3.63, 3.8) is 0 Å². The fourth-order valence-electron chi connectivity index (χ4n) is 2.98. The number of ether oxygens (including phenoxy) is 1. The molecule has 1 N–H and O–H groups in total. The number of para-hydroxylation sites is 1. The Morgan fingerprint density at radius 1 is 1.03 bits per heavy atom. The van der Waals surface area contributed by atoms with Crippen LogP contribution in [0.25, 0.3) is 10.8 Å². The number of fused-ring (bicyclic) bond motifs is 1. The van der Waals surface area contributed by atoms with E-state index in [2.05, 4.69) is 43.1 Å². The number of aliphatic hydroxyl groups is 1. The van der Waals surface area contributed by atoms with Gasteiger partial charge in [0, 0.05) is 60.4 Å². The zero-order valence-electron chi connectivity index (χ0n) is 22.8. The van der Waals surface area contributed by atoms with E-state index in [0.717, 1.165) is 23.6 Å². The molecular weight excluding hydrogens is 627 g/mol. The van der Waals surface area contributed by atoms with E-state index in [1.54, 1.807) is 0 Å². The van der Waals surface area contributed by atoms with E-state index < -0.39 is 0 Å². The first kappa shape index (κ1) is 31.5. The topological polar surface area (TPSA) is 59.4 Å². The van der Waals surface area contributed by atoms with Crippen LogP contribution in [0, 0.1) is 16.9 Å². The molecule has 0 saturated carbocycles. The molecule has 0 atom stereocenters. The Bertz CT molecular complexity index is 1150. The number of pyridine rings is 1. The summed E-state index contributed by atoms with van der Waals surface area (Å²) >= 11 is 0. The van der Waals surface area contributed by atoms with Crippen molar-refractivity contribution < 1.29 is 34.7 Å². The summed E-state index contributed by atoms with van der Waals surface area (Å²) in [5.41, 5.74) is 0.640. The third kappa shape index (κ3) is 8.87. The Morgan fingerprint density at radius 3 is 2.25 bits per heavy atom. The number of benzene rings is 2. The van der Waals surface area contributed by atoms with Crippen LogP contribution in [0.4, 0.5) is 0 Å². The van der Waals surface area contributed by atoms with Crippen molar-refractivity contribution in [1.29, 1.82) is 0 Å². The quantitative estimate of drug-likeness (QED) is 0.148. The second kappa shape index (κ2) is 13.7. The average Bonchev–Trinajstić information content (AvgIpc) is 2.84. The molecular formula is C31H40IrNO3-. The number of allylic oxidation sites excluding steroid dienone is 2. The van der Waals surface area contributed by atoms with E-state index in [4.69, 9.17) is 4.74 Å². The van der Waals surface area contributed by atoms with Crippen molar-refractivity contribution in [3.8, 4) is 11.6 Å². The number of hydrogen-bond donors (Lipinski definition) is 1. The Morgan fingerprint density at radius 2 is 1.69 bits per heavy atom. The van der Waals surface area contributed by atoms with Crippen molar-refractivity contribution >= 4 is 16.6 Å². The van der Waals surface area contributed by atoms with Crippen LogP contribution >= 0.6 is 0 Å². The summed E-state index contributed by atoms with van der Waals surface area (Å²) in [6, 6.07) is 19.0. The molecule has 0 saturated heterocycles. The van der Waals surface area contributed by atoms with Gasteiger partial charge in [-0.1, -0.05) is 67.5 Å². The molecule has 3 rings (SSSR count). The van der Waals surface area contributed by atoms with Crippen LogP contribution in [0.5, 0.6) is 11.6 Å². The summed E-state index contributed by atoms with van der Waals surface area (Å²) in [5.74, 6) is 1.99. The maximum Gasteiger partial charge on any atom is 0.217 e. The molecule has 4 nitrogen and oxygen atoms in total. The van der Waals surface area contributed by atoms with Crippen LogP contribution in [-0.4, -0.2) is 15.9 Å². The summed E-state index contributed by atoms with van der Waals surface area (Å²) in [4.78, 5) is 16.2. The fraction of sp³-hybridized carbons (Fsp3) is 0.419. The van der Waals surface area contributed by atoms with Crippen LogP contribution in [-0.2, 0) is 24.9 Å². The van der Waals surface area contributed by atoms with E-state index in [0.29, 0.717) is 17.5 Å². The molecule has 0 fully saturated rings. The maximum absolute atomic E-state index is 11.8. The van der Waals surface area contributed by atoms with Gasteiger partial charge in [0.1, 0.15) is 5.76 Å². The minimum absolute atomic E-state index is 0. The zero-order valence-corrected chi connectivity index (χ0v) is 25.2. The molecule has 3 aromatic rings. The monoisotopic (exact) mass is 667 g/mol. The number of aliphatic hydroxyl groups excluding tert-OH is 1. The number of carbonyl (C=O) groups is 1. The van der Waals surface area contributed by atoms with Crippen molar-refractivity contribution in [3.05, 3.63) is 78.2 Å². The summed E-state index contributed by atoms with van der Waals surface area (Å²) in [5, 5.41) is 12.1. The molecule has 1 aromatic heterocycles. The zero-order chi connectivity index (χ0) is 26.2. The molecule has 0 aliphatic heterocycles. The predicted octanol–water partition coefficient (Wildman–Crippen LogP) is 8.82. The third-order valence-electron chi connectivity index (χ3n) is 6.68. The van der Waals surface area contributed by atoms with Gasteiger partial charge in [0.05, 0.1) is 0 Å². The molecule has 197 valence electrons. The average molecular weight is 667 g/mol. The number of carbonyl (C=O) groups excluding carboxylic acids is 1. The van der Waals surface area contributed by atoms with Gasteiger partial charge in [-0.3, -0.25) is 4.79 Å². The van der Waals surface area contributed by atoms with E-state index in [-0.39, 0.29) is 42.5 Å². The SMILES string of the molecule is CC(C)c1ccc2cc(Oc3[c-]cccc3)ncc2c1.CCC(C)(C)C(=O)/C=C(\O)C(C)(C)CC.[Ir]. The molecule has 36 heavy (non-hydrogen) atoms. The minimum atomic E-state index is -0.377. The van der Waals surface area contributed by atoms with E-state index in [1.807, 2.05) is 78.1 Å². The first-order valence-electron chi connectivity index (χ1n) is 12.4. The summed E-state index contributed by atoms with van der Waals surface area (Å²) in [7, 11) is 0. The second-order valence-electron chi connectivity index (χ2n) is 10.5. The number of ketones is 1. The van der Waals surface area contributed by atoms with Gasteiger partial charge in [-0.25, -0.2) is 4.98 Å². The number of rotatable bonds is 8. The summed E-state index contributed by atoms with van der Waals surface area (Å²) in [6.07, 6.45) is 4.85. The summed E-state index contributed by atoms with van der Waals surface area (Å²) < 4.78 is 5.70.